The lowest BCUT2D eigenvalue weighted by atomic mass is 10.3. The summed E-state index contributed by atoms with van der Waals surface area (Å²) in [6, 6.07) is 0. The fourth-order valence-corrected chi connectivity index (χ4v) is 1.00. The molecule has 0 amide bonds. The van der Waals surface area contributed by atoms with E-state index in [0.29, 0.717) is 5.89 Å². The molecule has 0 saturated carbocycles. The molecule has 0 aliphatic rings. The van der Waals surface area contributed by atoms with Crippen LogP contribution in [0, 0.1) is 6.92 Å². The van der Waals surface area contributed by atoms with Gasteiger partial charge in [0.2, 0.25) is 0 Å². The van der Waals surface area contributed by atoms with Crippen LogP contribution in [0.5, 0.6) is 0 Å². The van der Waals surface area contributed by atoms with Crippen molar-refractivity contribution in [2.75, 3.05) is 0 Å². The van der Waals surface area contributed by atoms with Gasteiger partial charge in [0.15, 0.2) is 6.33 Å². The van der Waals surface area contributed by atoms with Gasteiger partial charge in [-0.2, -0.15) is 10.1 Å². The Kier molecular flexibility index (Phi) is 1.43. The first kappa shape index (κ1) is 7.02. The molecule has 0 aromatic carbocycles. The number of aromatic nitrogens is 4. The Morgan fingerprint density at radius 2 is 2.33 bits per heavy atom. The first-order valence-electron chi connectivity index (χ1n) is 3.54. The minimum atomic E-state index is 0.514. The molecule has 0 aliphatic heterocycles. The molecule has 5 nitrogen and oxygen atoms in total. The van der Waals surface area contributed by atoms with Crippen molar-refractivity contribution in [3.8, 4) is 11.5 Å². The molecule has 0 N–H and O–H groups in total. The fraction of sp³-hybridized carbons (Fsp3) is 0.286. The van der Waals surface area contributed by atoms with Crippen molar-refractivity contribution in [3.63, 3.8) is 0 Å². The van der Waals surface area contributed by atoms with Gasteiger partial charge in [-0.3, -0.25) is 4.68 Å². The molecule has 2 heterocycles. The van der Waals surface area contributed by atoms with Gasteiger partial charge in [0.05, 0.1) is 11.8 Å². The van der Waals surface area contributed by atoms with E-state index >= 15 is 0 Å². The third-order valence-corrected chi connectivity index (χ3v) is 1.83. The number of hydrogen-bond acceptors (Lipinski definition) is 4. The fourth-order valence-electron chi connectivity index (χ4n) is 1.00. The molecule has 0 fully saturated rings. The average molecular weight is 164 g/mol. The average Bonchev–Trinajstić information content (AvgIpc) is 2.64. The van der Waals surface area contributed by atoms with E-state index in [9.17, 15) is 0 Å². The molecule has 0 aliphatic carbocycles. The molecule has 5 heteroatoms. The first-order valence-corrected chi connectivity index (χ1v) is 3.54. The van der Waals surface area contributed by atoms with E-state index in [-0.39, 0.29) is 0 Å². The molecule has 2 aromatic heterocycles. The maximum Gasteiger partial charge on any atom is 0.261 e. The van der Waals surface area contributed by atoms with Gasteiger partial charge in [0, 0.05) is 12.7 Å². The van der Waals surface area contributed by atoms with E-state index in [0.717, 1.165) is 11.3 Å². The Hall–Kier alpha value is -1.65. The maximum atomic E-state index is 4.90. The van der Waals surface area contributed by atoms with E-state index in [4.69, 9.17) is 4.52 Å². The van der Waals surface area contributed by atoms with Gasteiger partial charge in [-0.15, -0.1) is 0 Å². The van der Waals surface area contributed by atoms with Crippen LogP contribution in [0.3, 0.4) is 0 Å². The van der Waals surface area contributed by atoms with Crippen molar-refractivity contribution in [1.82, 2.24) is 19.9 Å². The monoisotopic (exact) mass is 164 g/mol. The van der Waals surface area contributed by atoms with E-state index < -0.39 is 0 Å². The van der Waals surface area contributed by atoms with Crippen LogP contribution in [0.1, 0.15) is 5.69 Å². The molecule has 0 bridgehead atoms. The van der Waals surface area contributed by atoms with Crippen molar-refractivity contribution in [2.24, 2.45) is 7.05 Å². The van der Waals surface area contributed by atoms with Gasteiger partial charge >= 0.3 is 0 Å². The number of nitrogens with zero attached hydrogens (tertiary/aromatic N) is 4. The van der Waals surface area contributed by atoms with Gasteiger partial charge < -0.3 is 4.52 Å². The van der Waals surface area contributed by atoms with Crippen molar-refractivity contribution in [2.45, 2.75) is 6.92 Å². The van der Waals surface area contributed by atoms with Crippen LogP contribution in [-0.4, -0.2) is 19.9 Å². The van der Waals surface area contributed by atoms with E-state index in [1.54, 1.807) is 10.9 Å². The van der Waals surface area contributed by atoms with E-state index in [2.05, 4.69) is 15.2 Å². The second-order valence-corrected chi connectivity index (χ2v) is 2.51. The summed E-state index contributed by atoms with van der Waals surface area (Å²) in [6.07, 6.45) is 3.09. The van der Waals surface area contributed by atoms with Crippen LogP contribution in [-0.2, 0) is 7.05 Å². The summed E-state index contributed by atoms with van der Waals surface area (Å²) < 4.78 is 6.66. The van der Waals surface area contributed by atoms with Crippen LogP contribution in [0.15, 0.2) is 17.0 Å². The molecule has 0 radical (unpaired) electrons. The zero-order chi connectivity index (χ0) is 8.55. The van der Waals surface area contributed by atoms with Crippen LogP contribution in [0.2, 0.25) is 0 Å². The van der Waals surface area contributed by atoms with Crippen LogP contribution < -0.4 is 0 Å². The normalized spacial score (nSPS) is 10.5. The lowest BCUT2D eigenvalue weighted by Crippen LogP contribution is -1.92. The second kappa shape index (κ2) is 2.44. The molecule has 12 heavy (non-hydrogen) atoms. The van der Waals surface area contributed by atoms with Gasteiger partial charge in [0.1, 0.15) is 0 Å². The van der Waals surface area contributed by atoms with Crippen LogP contribution >= 0.6 is 0 Å². The summed E-state index contributed by atoms with van der Waals surface area (Å²) in [4.78, 5) is 3.93. The summed E-state index contributed by atoms with van der Waals surface area (Å²) >= 11 is 0. The Morgan fingerprint density at radius 1 is 1.50 bits per heavy atom. The molecule has 2 aromatic rings. The lowest BCUT2D eigenvalue weighted by Gasteiger charge is -1.93. The molecule has 0 spiro atoms. The highest BCUT2D eigenvalue weighted by Gasteiger charge is 2.10. The Bertz CT molecular complexity index is 376. The summed E-state index contributed by atoms with van der Waals surface area (Å²) in [7, 11) is 1.87. The highest BCUT2D eigenvalue weighted by Crippen LogP contribution is 2.18. The predicted molar refractivity (Wildman–Crippen MR) is 41.2 cm³/mol. The summed E-state index contributed by atoms with van der Waals surface area (Å²) in [5, 5.41) is 7.59. The van der Waals surface area contributed by atoms with Crippen molar-refractivity contribution in [1.29, 1.82) is 0 Å². The Balaban J connectivity index is 2.55. The third kappa shape index (κ3) is 0.903. The van der Waals surface area contributed by atoms with Crippen molar-refractivity contribution < 1.29 is 4.52 Å². The van der Waals surface area contributed by atoms with Crippen molar-refractivity contribution in [3.05, 3.63) is 18.2 Å². The summed E-state index contributed by atoms with van der Waals surface area (Å²) in [6.45, 7) is 1.95. The van der Waals surface area contributed by atoms with Crippen LogP contribution in [0.25, 0.3) is 11.5 Å². The maximum absolute atomic E-state index is 4.90. The van der Waals surface area contributed by atoms with Gasteiger partial charge in [-0.25, -0.2) is 0 Å². The molecular weight excluding hydrogens is 156 g/mol. The smallest absolute Gasteiger partial charge is 0.261 e. The highest BCUT2D eigenvalue weighted by molar-refractivity contribution is 5.54. The predicted octanol–water partition coefficient (Wildman–Crippen LogP) is 0.779. The molecular formula is C7H8N4O. The number of hydrogen-bond donors (Lipinski definition) is 0. The topological polar surface area (TPSA) is 56.7 Å². The van der Waals surface area contributed by atoms with Gasteiger partial charge in [0.25, 0.3) is 5.89 Å². The lowest BCUT2D eigenvalue weighted by molar-refractivity contribution is 0.430. The molecule has 2 rings (SSSR count). The first-order chi connectivity index (χ1) is 5.79. The van der Waals surface area contributed by atoms with Crippen LogP contribution in [0.4, 0.5) is 0 Å². The molecule has 0 unspecified atom stereocenters. The minimum Gasteiger partial charge on any atom is -0.334 e. The van der Waals surface area contributed by atoms with Gasteiger partial charge in [-0.1, -0.05) is 5.16 Å². The minimum absolute atomic E-state index is 0.514. The summed E-state index contributed by atoms with van der Waals surface area (Å²) in [5.74, 6) is 0.514. The highest BCUT2D eigenvalue weighted by atomic mass is 16.5. The van der Waals surface area contributed by atoms with E-state index in [1.165, 1.54) is 6.33 Å². The zero-order valence-corrected chi connectivity index (χ0v) is 6.85. The number of aryl methyl sites for hydroxylation is 1. The quantitative estimate of drug-likeness (QED) is 0.624. The van der Waals surface area contributed by atoms with Gasteiger partial charge in [-0.05, 0) is 6.92 Å². The third-order valence-electron chi connectivity index (χ3n) is 1.83. The molecule has 0 saturated heterocycles. The number of rotatable bonds is 1. The SMILES string of the molecule is Cc1c(-c2ncno2)cnn1C. The zero-order valence-electron chi connectivity index (χ0n) is 6.85. The van der Waals surface area contributed by atoms with Crippen molar-refractivity contribution >= 4 is 0 Å². The Morgan fingerprint density at radius 3 is 2.83 bits per heavy atom. The Labute approximate surface area is 69.0 Å². The second-order valence-electron chi connectivity index (χ2n) is 2.51. The standard InChI is InChI=1S/C7H8N4O/c1-5-6(3-9-11(5)2)7-8-4-10-12-7/h3-4H,1-2H3. The summed E-state index contributed by atoms with van der Waals surface area (Å²) in [5.41, 5.74) is 1.90. The largest absolute Gasteiger partial charge is 0.334 e. The molecule has 0 atom stereocenters. The van der Waals surface area contributed by atoms with E-state index in [1.807, 2.05) is 14.0 Å². The molecule has 62 valence electrons.